The van der Waals surface area contributed by atoms with Crippen LogP contribution in [0.2, 0.25) is 5.02 Å². The topological polar surface area (TPSA) is 29.1 Å². The average molecular weight is 368 g/mol. The second-order valence-electron chi connectivity index (χ2n) is 4.72. The van der Waals surface area contributed by atoms with Crippen molar-refractivity contribution in [3.63, 3.8) is 0 Å². The minimum Gasteiger partial charge on any atom is -0.321 e. The molecule has 0 aliphatic heterocycles. The number of carbonyl (C=O) groups excluding carboxylic acids is 1. The molecule has 2 rings (SSSR count). The second-order valence-corrected chi connectivity index (χ2v) is 5.15. The number of anilines is 1. The maximum absolute atomic E-state index is 12.9. The molecule has 0 atom stereocenters. The van der Waals surface area contributed by atoms with E-state index in [9.17, 15) is 31.1 Å². The number of hydrogen-bond acceptors (Lipinski definition) is 1. The third-order valence-electron chi connectivity index (χ3n) is 3.01. The minimum absolute atomic E-state index is 0.171. The molecule has 2 nitrogen and oxygen atoms in total. The van der Waals surface area contributed by atoms with E-state index >= 15 is 0 Å². The van der Waals surface area contributed by atoms with Gasteiger partial charge in [0.15, 0.2) is 0 Å². The first-order valence-corrected chi connectivity index (χ1v) is 6.71. The summed E-state index contributed by atoms with van der Waals surface area (Å²) in [4.78, 5) is 11.9. The Morgan fingerprint density at radius 1 is 0.875 bits per heavy atom. The summed E-state index contributed by atoms with van der Waals surface area (Å²) in [6.07, 6.45) is -9.33. The van der Waals surface area contributed by atoms with E-state index in [2.05, 4.69) is 0 Å². The predicted octanol–water partition coefficient (Wildman–Crippen LogP) is 5.63. The zero-order chi connectivity index (χ0) is 18.1. The fourth-order valence-electron chi connectivity index (χ4n) is 1.87. The number of nitrogens with one attached hydrogen (secondary N) is 1. The van der Waals surface area contributed by atoms with Crippen LogP contribution in [0.5, 0.6) is 0 Å². The molecule has 2 aromatic rings. The normalized spacial score (nSPS) is 12.1. The van der Waals surface area contributed by atoms with Gasteiger partial charge in [0, 0.05) is 10.6 Å². The fourth-order valence-corrected chi connectivity index (χ4v) is 2.04. The number of rotatable bonds is 2. The molecular weight excluding hydrogens is 360 g/mol. The first-order chi connectivity index (χ1) is 11.0. The van der Waals surface area contributed by atoms with E-state index < -0.39 is 35.1 Å². The molecule has 9 heteroatoms. The molecule has 0 bridgehead atoms. The summed E-state index contributed by atoms with van der Waals surface area (Å²) < 4.78 is 76.1. The van der Waals surface area contributed by atoms with Gasteiger partial charge < -0.3 is 5.32 Å². The van der Waals surface area contributed by atoms with Gasteiger partial charge in [-0.3, -0.25) is 4.79 Å². The zero-order valence-electron chi connectivity index (χ0n) is 11.6. The van der Waals surface area contributed by atoms with Crippen molar-refractivity contribution in [2.75, 3.05) is 5.32 Å². The third-order valence-corrected chi connectivity index (χ3v) is 3.24. The monoisotopic (exact) mass is 367 g/mol. The van der Waals surface area contributed by atoms with Gasteiger partial charge in [0.05, 0.1) is 16.8 Å². The van der Waals surface area contributed by atoms with Gasteiger partial charge in [-0.05, 0) is 42.5 Å². The van der Waals surface area contributed by atoms with Gasteiger partial charge in [-0.2, -0.15) is 26.3 Å². The smallest absolute Gasteiger partial charge is 0.321 e. The van der Waals surface area contributed by atoms with Gasteiger partial charge in [-0.15, -0.1) is 0 Å². The quantitative estimate of drug-likeness (QED) is 0.685. The summed E-state index contributed by atoms with van der Waals surface area (Å²) in [7, 11) is 0. The number of benzene rings is 2. The lowest BCUT2D eigenvalue weighted by Gasteiger charge is -2.14. The summed E-state index contributed by atoms with van der Waals surface area (Å²) in [6, 6.07) is 5.85. The molecule has 0 aliphatic rings. The number of halogens is 7. The van der Waals surface area contributed by atoms with Crippen molar-refractivity contribution in [3.8, 4) is 0 Å². The SMILES string of the molecule is O=C(Nc1ccc(Cl)cc1C(F)(F)F)c1ccc(C(F)(F)F)cc1. The molecule has 1 amide bonds. The Morgan fingerprint density at radius 3 is 1.96 bits per heavy atom. The van der Waals surface area contributed by atoms with E-state index in [0.717, 1.165) is 24.3 Å². The number of amides is 1. The molecule has 24 heavy (non-hydrogen) atoms. The Labute approximate surface area is 137 Å². The maximum atomic E-state index is 12.9. The summed E-state index contributed by atoms with van der Waals surface area (Å²) >= 11 is 5.52. The molecule has 0 heterocycles. The molecule has 0 spiro atoms. The highest BCUT2D eigenvalue weighted by atomic mass is 35.5. The third kappa shape index (κ3) is 4.19. The van der Waals surface area contributed by atoms with Crippen molar-refractivity contribution in [2.24, 2.45) is 0 Å². The van der Waals surface area contributed by atoms with Crippen molar-refractivity contribution in [2.45, 2.75) is 12.4 Å². The van der Waals surface area contributed by atoms with Crippen LogP contribution in [-0.4, -0.2) is 5.91 Å². The fraction of sp³-hybridized carbons (Fsp3) is 0.133. The lowest BCUT2D eigenvalue weighted by Crippen LogP contribution is -2.17. The van der Waals surface area contributed by atoms with Gasteiger partial charge in [-0.25, -0.2) is 0 Å². The first kappa shape index (κ1) is 18.1. The van der Waals surface area contributed by atoms with E-state index in [1.54, 1.807) is 0 Å². The molecule has 0 saturated heterocycles. The van der Waals surface area contributed by atoms with Crippen LogP contribution in [0.15, 0.2) is 42.5 Å². The Kier molecular flexibility index (Phi) is 4.80. The largest absolute Gasteiger partial charge is 0.418 e. The van der Waals surface area contributed by atoms with Crippen molar-refractivity contribution >= 4 is 23.2 Å². The highest BCUT2D eigenvalue weighted by Crippen LogP contribution is 2.36. The van der Waals surface area contributed by atoms with Crippen LogP contribution in [0.4, 0.5) is 32.0 Å². The van der Waals surface area contributed by atoms with Crippen LogP contribution in [-0.2, 0) is 12.4 Å². The molecule has 128 valence electrons. The van der Waals surface area contributed by atoms with E-state index in [1.165, 1.54) is 0 Å². The van der Waals surface area contributed by atoms with Crippen molar-refractivity contribution in [1.82, 2.24) is 0 Å². The highest BCUT2D eigenvalue weighted by Gasteiger charge is 2.34. The maximum Gasteiger partial charge on any atom is 0.418 e. The predicted molar refractivity (Wildman–Crippen MR) is 75.9 cm³/mol. The molecule has 0 fully saturated rings. The summed E-state index contributed by atoms with van der Waals surface area (Å²) in [6.45, 7) is 0. The van der Waals surface area contributed by atoms with Crippen molar-refractivity contribution in [1.29, 1.82) is 0 Å². The van der Waals surface area contributed by atoms with Crippen LogP contribution in [0.1, 0.15) is 21.5 Å². The van der Waals surface area contributed by atoms with Crippen LogP contribution in [0.25, 0.3) is 0 Å². The van der Waals surface area contributed by atoms with E-state index in [4.69, 9.17) is 11.6 Å². The Hall–Kier alpha value is -2.22. The second kappa shape index (κ2) is 6.35. The summed E-state index contributed by atoms with van der Waals surface area (Å²) in [5, 5.41) is 1.85. The minimum atomic E-state index is -4.76. The lowest BCUT2D eigenvalue weighted by atomic mass is 10.1. The van der Waals surface area contributed by atoms with E-state index in [1.807, 2.05) is 5.32 Å². The number of alkyl halides is 6. The number of hydrogen-bond donors (Lipinski definition) is 1. The zero-order valence-corrected chi connectivity index (χ0v) is 12.4. The van der Waals surface area contributed by atoms with Crippen LogP contribution in [0, 0.1) is 0 Å². The van der Waals surface area contributed by atoms with Gasteiger partial charge in [0.25, 0.3) is 5.91 Å². The Bertz CT molecular complexity index is 752. The molecular formula is C15H8ClF6NO. The molecule has 0 unspecified atom stereocenters. The van der Waals surface area contributed by atoms with Crippen LogP contribution >= 0.6 is 11.6 Å². The number of carbonyl (C=O) groups is 1. The van der Waals surface area contributed by atoms with Crippen LogP contribution in [0.3, 0.4) is 0 Å². The molecule has 0 saturated carbocycles. The average Bonchev–Trinajstić information content (AvgIpc) is 2.47. The van der Waals surface area contributed by atoms with Gasteiger partial charge in [0.2, 0.25) is 0 Å². The van der Waals surface area contributed by atoms with E-state index in [0.29, 0.717) is 18.2 Å². The summed E-state index contributed by atoms with van der Waals surface area (Å²) in [5.41, 5.74) is -2.89. The Morgan fingerprint density at radius 2 is 1.46 bits per heavy atom. The molecule has 2 aromatic carbocycles. The van der Waals surface area contributed by atoms with Crippen molar-refractivity contribution < 1.29 is 31.1 Å². The van der Waals surface area contributed by atoms with Crippen molar-refractivity contribution in [3.05, 3.63) is 64.2 Å². The molecule has 0 aliphatic carbocycles. The lowest BCUT2D eigenvalue weighted by molar-refractivity contribution is -0.138. The first-order valence-electron chi connectivity index (χ1n) is 6.34. The summed E-state index contributed by atoms with van der Waals surface area (Å²) in [5.74, 6) is -0.975. The van der Waals surface area contributed by atoms with Gasteiger partial charge in [-0.1, -0.05) is 11.6 Å². The molecule has 0 radical (unpaired) electrons. The van der Waals surface area contributed by atoms with Crippen LogP contribution < -0.4 is 5.32 Å². The standard InChI is InChI=1S/C15H8ClF6NO/c16-10-5-6-12(11(7-10)15(20,21)22)23-13(24)8-1-3-9(4-2-8)14(17,18)19/h1-7H,(H,23,24). The van der Waals surface area contributed by atoms with Gasteiger partial charge >= 0.3 is 12.4 Å². The van der Waals surface area contributed by atoms with Gasteiger partial charge in [0.1, 0.15) is 0 Å². The Balaban J connectivity index is 2.27. The van der Waals surface area contributed by atoms with E-state index in [-0.39, 0.29) is 10.6 Å². The molecule has 1 N–H and O–H groups in total. The molecule has 0 aromatic heterocycles. The highest BCUT2D eigenvalue weighted by molar-refractivity contribution is 6.30.